The van der Waals surface area contributed by atoms with E-state index in [1.165, 1.54) is 31.2 Å². The van der Waals surface area contributed by atoms with Crippen molar-refractivity contribution in [3.8, 4) is 5.75 Å². The first-order valence-corrected chi connectivity index (χ1v) is 13.3. The maximum absolute atomic E-state index is 13.6. The number of aryl methyl sites for hydroxylation is 1. The molecule has 0 radical (unpaired) electrons. The summed E-state index contributed by atoms with van der Waals surface area (Å²) in [5.74, 6) is 0.00861. The molecule has 1 aliphatic rings. The monoisotopic (exact) mass is 577 g/mol. The summed E-state index contributed by atoms with van der Waals surface area (Å²) < 4.78 is 72.5. The van der Waals surface area contributed by atoms with Crippen LogP contribution >= 0.6 is 23.2 Å². The van der Waals surface area contributed by atoms with Gasteiger partial charge >= 0.3 is 22.3 Å². The Bertz CT molecular complexity index is 1510. The summed E-state index contributed by atoms with van der Waals surface area (Å²) in [5.41, 5.74) is -0.734. The van der Waals surface area contributed by atoms with Crippen LogP contribution in [-0.4, -0.2) is 41.1 Å². The lowest BCUT2D eigenvalue weighted by Gasteiger charge is -2.31. The topological polar surface area (TPSA) is 93.6 Å². The van der Waals surface area contributed by atoms with Crippen LogP contribution in [0.15, 0.2) is 41.3 Å². The van der Waals surface area contributed by atoms with Crippen LogP contribution in [0.25, 0.3) is 10.9 Å². The number of hydrogen-bond donors (Lipinski definition) is 1. The Morgan fingerprint density at radius 1 is 1.24 bits per heavy atom. The van der Waals surface area contributed by atoms with Crippen LogP contribution < -0.4 is 4.74 Å². The molecule has 0 bridgehead atoms. The SMILES string of the molecule is Cc1cc(C(F)(F)F)c2cccc(OCc3c(Cl)ccc(S(=O)(=O)[N+]4(C(=O)O)CCC[C@H]4C)c3Cl)c2n1. The number of hydrogen-bond acceptors (Lipinski definition) is 5. The fourth-order valence-corrected chi connectivity index (χ4v) is 7.60. The number of carbonyl (C=O) groups is 1. The van der Waals surface area contributed by atoms with Crippen molar-refractivity contribution in [1.29, 1.82) is 0 Å². The zero-order chi connectivity index (χ0) is 27.3. The number of rotatable bonds is 5. The zero-order valence-electron chi connectivity index (χ0n) is 19.6. The molecule has 1 fully saturated rings. The van der Waals surface area contributed by atoms with Crippen molar-refractivity contribution >= 4 is 50.2 Å². The summed E-state index contributed by atoms with van der Waals surface area (Å²) in [5, 5.41) is 9.47. The van der Waals surface area contributed by atoms with Gasteiger partial charge in [0.15, 0.2) is 0 Å². The number of quaternary nitrogens is 1. The van der Waals surface area contributed by atoms with Crippen molar-refractivity contribution in [2.75, 3.05) is 6.54 Å². The van der Waals surface area contributed by atoms with E-state index in [1.807, 2.05) is 0 Å². The average Bonchev–Trinajstić information content (AvgIpc) is 3.20. The third-order valence-electron chi connectivity index (χ3n) is 6.61. The fraction of sp³-hybridized carbons (Fsp3) is 0.333. The van der Waals surface area contributed by atoms with Crippen LogP contribution in [0.2, 0.25) is 10.0 Å². The number of likely N-dealkylation sites (tertiary alicyclic amines) is 1. The van der Waals surface area contributed by atoms with Gasteiger partial charge in [-0.05, 0) is 38.1 Å². The molecular weight excluding hydrogens is 556 g/mol. The molecule has 1 N–H and O–H groups in total. The van der Waals surface area contributed by atoms with Gasteiger partial charge < -0.3 is 9.84 Å². The number of fused-ring (bicyclic) bond motifs is 1. The number of nitrogens with zero attached hydrogens (tertiary/aromatic N) is 2. The van der Waals surface area contributed by atoms with Crippen LogP contribution in [0.4, 0.5) is 18.0 Å². The van der Waals surface area contributed by atoms with Crippen molar-refractivity contribution in [3.63, 3.8) is 0 Å². The first kappa shape index (κ1) is 27.4. The molecule has 7 nitrogen and oxygen atoms in total. The molecule has 198 valence electrons. The molecule has 2 atom stereocenters. The van der Waals surface area contributed by atoms with E-state index in [4.69, 9.17) is 27.9 Å². The van der Waals surface area contributed by atoms with Gasteiger partial charge in [0.25, 0.3) is 0 Å². The molecule has 13 heteroatoms. The Morgan fingerprint density at radius 3 is 2.54 bits per heavy atom. The summed E-state index contributed by atoms with van der Waals surface area (Å²) in [7, 11) is -4.51. The molecule has 1 aliphatic heterocycles. The van der Waals surface area contributed by atoms with Crippen LogP contribution in [0, 0.1) is 6.92 Å². The van der Waals surface area contributed by atoms with Crippen molar-refractivity contribution in [1.82, 2.24) is 4.98 Å². The molecule has 1 unspecified atom stereocenters. The highest BCUT2D eigenvalue weighted by molar-refractivity contribution is 7.86. The summed E-state index contributed by atoms with van der Waals surface area (Å²) >= 11 is 12.8. The van der Waals surface area contributed by atoms with Crippen LogP contribution in [0.3, 0.4) is 0 Å². The van der Waals surface area contributed by atoms with E-state index in [2.05, 4.69) is 4.98 Å². The molecule has 2 aromatic carbocycles. The Kier molecular flexibility index (Phi) is 7.13. The second kappa shape index (κ2) is 9.61. The first-order chi connectivity index (χ1) is 17.2. The third-order valence-corrected chi connectivity index (χ3v) is 9.96. The van der Waals surface area contributed by atoms with Crippen LogP contribution in [0.1, 0.15) is 36.6 Å². The molecule has 4 rings (SSSR count). The Labute approximate surface area is 221 Å². The largest absolute Gasteiger partial charge is 0.529 e. The zero-order valence-corrected chi connectivity index (χ0v) is 22.0. The minimum absolute atomic E-state index is 0.00861. The number of ether oxygens (including phenoxy) is 1. The number of para-hydroxylation sites is 1. The highest BCUT2D eigenvalue weighted by Crippen LogP contribution is 2.41. The predicted octanol–water partition coefficient (Wildman–Crippen LogP) is 6.81. The summed E-state index contributed by atoms with van der Waals surface area (Å²) in [6, 6.07) is 6.73. The lowest BCUT2D eigenvalue weighted by molar-refractivity contribution is -0.741. The average molecular weight is 578 g/mol. The highest BCUT2D eigenvalue weighted by Gasteiger charge is 2.58. The van der Waals surface area contributed by atoms with Crippen molar-refractivity contribution < 1.29 is 40.1 Å². The van der Waals surface area contributed by atoms with E-state index < -0.39 is 49.3 Å². The van der Waals surface area contributed by atoms with Crippen molar-refractivity contribution in [3.05, 3.63) is 63.3 Å². The Morgan fingerprint density at radius 2 is 1.95 bits per heavy atom. The minimum atomic E-state index is -4.62. The Hall–Kier alpha value is -2.60. The van der Waals surface area contributed by atoms with Gasteiger partial charge in [-0.15, -0.1) is 3.89 Å². The normalized spacial score (nSPS) is 20.4. The van der Waals surface area contributed by atoms with Gasteiger partial charge in [0.05, 0.1) is 10.6 Å². The molecule has 2 heterocycles. The molecule has 0 saturated carbocycles. The first-order valence-electron chi connectivity index (χ1n) is 11.2. The second-order valence-electron chi connectivity index (χ2n) is 8.86. The summed E-state index contributed by atoms with van der Waals surface area (Å²) in [6.45, 7) is 2.46. The quantitative estimate of drug-likeness (QED) is 0.335. The number of carboxylic acid groups (broad SMARTS) is 1. The van der Waals surface area contributed by atoms with E-state index in [0.717, 1.165) is 12.1 Å². The number of benzene rings is 2. The molecule has 1 saturated heterocycles. The van der Waals surface area contributed by atoms with Crippen molar-refractivity contribution in [2.45, 2.75) is 50.4 Å². The van der Waals surface area contributed by atoms with Gasteiger partial charge in [-0.1, -0.05) is 35.3 Å². The molecule has 1 aromatic heterocycles. The molecule has 0 aliphatic carbocycles. The van der Waals surface area contributed by atoms with Gasteiger partial charge in [0.1, 0.15) is 35.4 Å². The second-order valence-corrected chi connectivity index (χ2v) is 11.7. The Balaban J connectivity index is 1.77. The summed E-state index contributed by atoms with van der Waals surface area (Å²) in [4.78, 5) is 16.0. The number of pyridine rings is 1. The van der Waals surface area contributed by atoms with Crippen LogP contribution in [-0.2, 0) is 22.8 Å². The number of amides is 1. The molecular formula is C24H22Cl2F3N2O5S+. The van der Waals surface area contributed by atoms with Gasteiger partial charge in [-0.2, -0.15) is 26.4 Å². The highest BCUT2D eigenvalue weighted by atomic mass is 35.5. The van der Waals surface area contributed by atoms with Crippen molar-refractivity contribution in [2.24, 2.45) is 0 Å². The number of halogens is 5. The molecule has 3 aromatic rings. The van der Waals surface area contributed by atoms with E-state index >= 15 is 0 Å². The maximum Gasteiger partial charge on any atom is 0.529 e. The number of aromatic nitrogens is 1. The third kappa shape index (κ3) is 4.52. The van der Waals surface area contributed by atoms with Crippen LogP contribution in [0.5, 0.6) is 5.75 Å². The van der Waals surface area contributed by atoms with E-state index in [-0.39, 0.29) is 44.5 Å². The van der Waals surface area contributed by atoms with E-state index in [1.54, 1.807) is 6.92 Å². The van der Waals surface area contributed by atoms with E-state index in [9.17, 15) is 31.5 Å². The smallest absolute Gasteiger partial charge is 0.487 e. The number of sulfonamides is 1. The maximum atomic E-state index is 13.6. The van der Waals surface area contributed by atoms with E-state index in [0.29, 0.717) is 12.8 Å². The predicted molar refractivity (Wildman–Crippen MR) is 131 cm³/mol. The number of alkyl halides is 3. The van der Waals surface area contributed by atoms with Gasteiger partial charge in [0.2, 0.25) is 0 Å². The molecule has 37 heavy (non-hydrogen) atoms. The fourth-order valence-electron chi connectivity index (χ4n) is 4.73. The minimum Gasteiger partial charge on any atom is -0.487 e. The standard InChI is InChI=1S/C24H21Cl2F3N2O5S/c1-13-11-17(24(27,28)29)15-6-3-7-19(22(15)30-13)36-12-16-18(25)8-9-20(21(16)26)37(34,35)31(23(32)33)10-4-5-14(31)2/h3,6-9,11,14H,4-5,10,12H2,1-2H3/p+1/t14-,31?/m1/s1. The van der Waals surface area contributed by atoms with Gasteiger partial charge in [0, 0.05) is 34.5 Å². The summed E-state index contributed by atoms with van der Waals surface area (Å²) in [6.07, 6.45) is -5.32. The lowest BCUT2D eigenvalue weighted by Crippen LogP contribution is -2.58. The van der Waals surface area contributed by atoms with Gasteiger partial charge in [-0.3, -0.25) is 0 Å². The van der Waals surface area contributed by atoms with Gasteiger partial charge in [-0.25, -0.2) is 4.98 Å². The molecule has 1 amide bonds. The molecule has 0 spiro atoms. The lowest BCUT2D eigenvalue weighted by atomic mass is 10.1.